The third-order valence-electron chi connectivity index (χ3n) is 5.58. The lowest BCUT2D eigenvalue weighted by Crippen LogP contribution is -2.37. The minimum absolute atomic E-state index is 0.0659. The molecule has 6 heteroatoms. The van der Waals surface area contributed by atoms with E-state index in [0.29, 0.717) is 6.54 Å². The Morgan fingerprint density at radius 1 is 0.966 bits per heavy atom. The largest absolute Gasteiger partial charge is 0.496 e. The zero-order valence-corrected chi connectivity index (χ0v) is 17.4. The van der Waals surface area contributed by atoms with Crippen molar-refractivity contribution < 1.29 is 13.2 Å². The highest BCUT2D eigenvalue weighted by Crippen LogP contribution is 2.31. The van der Waals surface area contributed by atoms with E-state index in [1.54, 1.807) is 19.2 Å². The number of sulfonamides is 1. The van der Waals surface area contributed by atoms with E-state index in [2.05, 4.69) is 9.62 Å². The third-order valence-corrected chi connectivity index (χ3v) is 7.00. The number of para-hydroxylation sites is 1. The number of fused-ring (bicyclic) bond motifs is 1. The van der Waals surface area contributed by atoms with Gasteiger partial charge in [0, 0.05) is 12.1 Å². The predicted molar refractivity (Wildman–Crippen MR) is 116 cm³/mol. The van der Waals surface area contributed by atoms with Gasteiger partial charge in [0.2, 0.25) is 10.0 Å². The van der Waals surface area contributed by atoms with E-state index in [1.165, 1.54) is 0 Å². The van der Waals surface area contributed by atoms with Crippen LogP contribution >= 0.6 is 0 Å². The van der Waals surface area contributed by atoms with Gasteiger partial charge in [0.25, 0.3) is 0 Å². The predicted octanol–water partition coefficient (Wildman–Crippen LogP) is 3.96. The molecule has 0 amide bonds. The minimum Gasteiger partial charge on any atom is -0.496 e. The number of benzene rings is 3. The summed E-state index contributed by atoms with van der Waals surface area (Å²) < 4.78 is 34.4. The summed E-state index contributed by atoms with van der Waals surface area (Å²) in [6, 6.07) is 20.8. The Balaban J connectivity index is 1.60. The molecule has 29 heavy (non-hydrogen) atoms. The lowest BCUT2D eigenvalue weighted by molar-refractivity contribution is 0.240. The van der Waals surface area contributed by atoms with Crippen molar-refractivity contribution >= 4 is 20.8 Å². The minimum atomic E-state index is -3.62. The normalized spacial score (nSPS) is 16.2. The molecule has 1 N–H and O–H groups in total. The number of nitrogens with zero attached hydrogens (tertiary/aromatic N) is 1. The Morgan fingerprint density at radius 3 is 2.41 bits per heavy atom. The van der Waals surface area contributed by atoms with Gasteiger partial charge < -0.3 is 4.74 Å². The molecule has 1 saturated heterocycles. The topological polar surface area (TPSA) is 58.6 Å². The van der Waals surface area contributed by atoms with Gasteiger partial charge in [0.05, 0.1) is 18.0 Å². The van der Waals surface area contributed by atoms with Crippen molar-refractivity contribution in [3.63, 3.8) is 0 Å². The zero-order valence-electron chi connectivity index (χ0n) is 16.5. The Hall–Kier alpha value is -2.41. The van der Waals surface area contributed by atoms with E-state index >= 15 is 0 Å². The van der Waals surface area contributed by atoms with Crippen molar-refractivity contribution in [2.24, 2.45) is 0 Å². The van der Waals surface area contributed by atoms with E-state index in [0.717, 1.165) is 48.0 Å². The highest BCUT2D eigenvalue weighted by Gasteiger charge is 2.27. The Labute approximate surface area is 172 Å². The molecule has 1 atom stereocenters. The van der Waals surface area contributed by atoms with Crippen LogP contribution < -0.4 is 9.46 Å². The first-order valence-electron chi connectivity index (χ1n) is 9.94. The van der Waals surface area contributed by atoms with Crippen LogP contribution in [0.4, 0.5) is 0 Å². The maximum absolute atomic E-state index is 13.0. The van der Waals surface area contributed by atoms with Gasteiger partial charge in [-0.2, -0.15) is 0 Å². The van der Waals surface area contributed by atoms with Gasteiger partial charge >= 0.3 is 0 Å². The molecule has 1 aliphatic rings. The number of nitrogens with one attached hydrogen (secondary N) is 1. The van der Waals surface area contributed by atoms with Gasteiger partial charge in [-0.15, -0.1) is 0 Å². The van der Waals surface area contributed by atoms with Gasteiger partial charge in [0.1, 0.15) is 5.75 Å². The molecule has 0 aromatic heterocycles. The van der Waals surface area contributed by atoms with E-state index in [1.807, 2.05) is 54.6 Å². The van der Waals surface area contributed by atoms with E-state index < -0.39 is 10.0 Å². The summed E-state index contributed by atoms with van der Waals surface area (Å²) in [6.07, 6.45) is 2.26. The number of methoxy groups -OCH3 is 1. The van der Waals surface area contributed by atoms with Gasteiger partial charge in [-0.3, -0.25) is 4.90 Å². The number of hydrogen-bond donors (Lipinski definition) is 1. The molecule has 0 radical (unpaired) electrons. The number of hydrogen-bond acceptors (Lipinski definition) is 4. The fourth-order valence-electron chi connectivity index (χ4n) is 4.04. The van der Waals surface area contributed by atoms with Crippen molar-refractivity contribution in [2.45, 2.75) is 23.8 Å². The average molecular weight is 411 g/mol. The second-order valence-electron chi connectivity index (χ2n) is 7.36. The van der Waals surface area contributed by atoms with Crippen LogP contribution in [-0.4, -0.2) is 40.1 Å². The van der Waals surface area contributed by atoms with Crippen LogP contribution in [0.15, 0.2) is 71.6 Å². The highest BCUT2D eigenvalue weighted by molar-refractivity contribution is 7.89. The second-order valence-corrected chi connectivity index (χ2v) is 9.13. The van der Waals surface area contributed by atoms with Gasteiger partial charge in [-0.25, -0.2) is 13.1 Å². The third kappa shape index (κ3) is 4.29. The molecule has 1 heterocycles. The van der Waals surface area contributed by atoms with E-state index in [9.17, 15) is 8.42 Å². The van der Waals surface area contributed by atoms with Crippen molar-refractivity contribution in [1.82, 2.24) is 9.62 Å². The molecule has 1 aliphatic heterocycles. The summed E-state index contributed by atoms with van der Waals surface area (Å²) in [5, 5.41) is 1.94. The van der Waals surface area contributed by atoms with E-state index in [-0.39, 0.29) is 10.9 Å². The zero-order chi connectivity index (χ0) is 20.3. The molecule has 152 valence electrons. The smallest absolute Gasteiger partial charge is 0.240 e. The number of ether oxygens (including phenoxy) is 1. The molecular formula is C23H26N2O3S. The fourth-order valence-corrected chi connectivity index (χ4v) is 5.11. The molecule has 4 rings (SSSR count). The molecule has 3 aromatic carbocycles. The quantitative estimate of drug-likeness (QED) is 0.640. The van der Waals surface area contributed by atoms with Gasteiger partial charge in [-0.1, -0.05) is 48.5 Å². The maximum Gasteiger partial charge on any atom is 0.240 e. The van der Waals surface area contributed by atoms with Crippen molar-refractivity contribution in [1.29, 1.82) is 0 Å². The lowest BCUT2D eigenvalue weighted by Gasteiger charge is -2.29. The first kappa shape index (κ1) is 19.9. The van der Waals surface area contributed by atoms with Crippen molar-refractivity contribution in [2.75, 3.05) is 26.7 Å². The molecule has 0 saturated carbocycles. The summed E-state index contributed by atoms with van der Waals surface area (Å²) in [5.41, 5.74) is 1.01. The Morgan fingerprint density at radius 2 is 1.66 bits per heavy atom. The number of likely N-dealkylation sites (tertiary alicyclic amines) is 1. The number of rotatable bonds is 7. The molecule has 5 nitrogen and oxygen atoms in total. The summed E-state index contributed by atoms with van der Waals surface area (Å²) in [6.45, 7) is 2.22. The van der Waals surface area contributed by atoms with Crippen molar-refractivity contribution in [3.05, 3.63) is 72.3 Å². The highest BCUT2D eigenvalue weighted by atomic mass is 32.2. The van der Waals surface area contributed by atoms with Crippen LogP contribution in [0.25, 0.3) is 10.8 Å². The molecular weight excluding hydrogens is 384 g/mol. The second kappa shape index (κ2) is 8.53. The first-order chi connectivity index (χ1) is 14.1. The standard InChI is InChI=1S/C23H26N2O3S/c1-28-23-11-5-4-10-21(23)22(25-14-6-7-15-25)17-24-29(26,27)20-13-12-18-8-2-3-9-19(18)16-20/h2-5,8-13,16,22,24H,6-7,14-15,17H2,1H3. The Kier molecular flexibility index (Phi) is 5.85. The summed E-state index contributed by atoms with van der Waals surface area (Å²) in [7, 11) is -1.97. The molecule has 1 unspecified atom stereocenters. The fraction of sp³-hybridized carbons (Fsp3) is 0.304. The molecule has 1 fully saturated rings. The molecule has 0 aliphatic carbocycles. The molecule has 0 bridgehead atoms. The van der Waals surface area contributed by atoms with Crippen LogP contribution in [0.3, 0.4) is 0 Å². The summed E-state index contributed by atoms with van der Waals surface area (Å²) in [4.78, 5) is 2.62. The van der Waals surface area contributed by atoms with Gasteiger partial charge in [0.15, 0.2) is 0 Å². The molecule has 0 spiro atoms. The van der Waals surface area contributed by atoms with E-state index in [4.69, 9.17) is 4.74 Å². The van der Waals surface area contributed by atoms with Crippen LogP contribution in [0.2, 0.25) is 0 Å². The first-order valence-corrected chi connectivity index (χ1v) is 11.4. The lowest BCUT2D eigenvalue weighted by atomic mass is 10.0. The van der Waals surface area contributed by atoms with Crippen LogP contribution in [0.1, 0.15) is 24.4 Å². The monoisotopic (exact) mass is 410 g/mol. The summed E-state index contributed by atoms with van der Waals surface area (Å²) >= 11 is 0. The van der Waals surface area contributed by atoms with Crippen LogP contribution in [0.5, 0.6) is 5.75 Å². The maximum atomic E-state index is 13.0. The Bertz CT molecular complexity index is 1090. The SMILES string of the molecule is COc1ccccc1C(CNS(=O)(=O)c1ccc2ccccc2c1)N1CCCC1. The summed E-state index contributed by atoms with van der Waals surface area (Å²) in [5.74, 6) is 0.786. The average Bonchev–Trinajstić information content (AvgIpc) is 3.28. The van der Waals surface area contributed by atoms with Crippen molar-refractivity contribution in [3.8, 4) is 5.75 Å². The van der Waals surface area contributed by atoms with Gasteiger partial charge in [-0.05, 0) is 54.9 Å². The van der Waals surface area contributed by atoms with Crippen LogP contribution in [-0.2, 0) is 10.0 Å². The molecule has 3 aromatic rings. The van der Waals surface area contributed by atoms with Crippen LogP contribution in [0, 0.1) is 0 Å².